The number of hydrogen-bond donors (Lipinski definition) is 2. The third-order valence-corrected chi connectivity index (χ3v) is 5.79. The summed E-state index contributed by atoms with van der Waals surface area (Å²) in [7, 11) is -1.95. The lowest BCUT2D eigenvalue weighted by atomic mass is 10.1. The van der Waals surface area contributed by atoms with Crippen molar-refractivity contribution in [2.45, 2.75) is 13.3 Å². The molecule has 2 aromatic carbocycles. The number of ether oxygens (including phenoxy) is 1. The van der Waals surface area contributed by atoms with Gasteiger partial charge >= 0.3 is 0 Å². The largest absolute Gasteiger partial charge is 0.496 e. The van der Waals surface area contributed by atoms with Gasteiger partial charge < -0.3 is 10.1 Å². The van der Waals surface area contributed by atoms with E-state index < -0.39 is 15.9 Å². The summed E-state index contributed by atoms with van der Waals surface area (Å²) in [6.07, 6.45) is 1.89. The molecule has 1 amide bonds. The number of sulfonamides is 1. The topological polar surface area (TPSA) is 128 Å². The minimum Gasteiger partial charge on any atom is -0.496 e. The highest BCUT2D eigenvalue weighted by Crippen LogP contribution is 2.30. The Morgan fingerprint density at radius 3 is 2.50 bits per heavy atom. The first kappa shape index (κ1) is 21.5. The number of amides is 1. The third kappa shape index (κ3) is 5.05. The van der Waals surface area contributed by atoms with Gasteiger partial charge in [0.15, 0.2) is 0 Å². The van der Waals surface area contributed by atoms with E-state index in [0.29, 0.717) is 23.5 Å². The lowest BCUT2D eigenvalue weighted by Gasteiger charge is -2.13. The molecule has 0 radical (unpaired) electrons. The number of methoxy groups -OCH3 is 1. The monoisotopic (exact) mass is 450 g/mol. The van der Waals surface area contributed by atoms with Crippen molar-refractivity contribution in [3.63, 3.8) is 0 Å². The van der Waals surface area contributed by atoms with Crippen molar-refractivity contribution in [2.75, 3.05) is 22.9 Å². The van der Waals surface area contributed by atoms with Gasteiger partial charge in [0.05, 0.1) is 29.1 Å². The van der Waals surface area contributed by atoms with Crippen LogP contribution in [-0.4, -0.2) is 47.4 Å². The van der Waals surface area contributed by atoms with Crippen molar-refractivity contribution >= 4 is 38.9 Å². The number of aromatic nitrogens is 4. The zero-order valence-corrected chi connectivity index (χ0v) is 17.7. The summed E-state index contributed by atoms with van der Waals surface area (Å²) in [5, 5.41) is 13.9. The fraction of sp³-hybridized carbons (Fsp3) is 0.222. The predicted octanol–water partition coefficient (Wildman–Crippen LogP) is 2.73. The van der Waals surface area contributed by atoms with E-state index in [9.17, 15) is 13.2 Å². The molecular formula is C18H19ClN6O4S. The van der Waals surface area contributed by atoms with Gasteiger partial charge in [0.1, 0.15) is 12.1 Å². The van der Waals surface area contributed by atoms with Gasteiger partial charge in [-0.05, 0) is 47.2 Å². The maximum Gasteiger partial charge on any atom is 0.259 e. The Labute approximate surface area is 178 Å². The molecule has 0 atom stereocenters. The van der Waals surface area contributed by atoms with Crippen LogP contribution in [0.15, 0.2) is 42.7 Å². The average Bonchev–Trinajstić information content (AvgIpc) is 3.23. The number of benzene rings is 2. The van der Waals surface area contributed by atoms with E-state index in [1.165, 1.54) is 24.2 Å². The summed E-state index contributed by atoms with van der Waals surface area (Å²) in [5.41, 5.74) is 1.56. The summed E-state index contributed by atoms with van der Waals surface area (Å²) in [6.45, 7) is 1.79. The van der Waals surface area contributed by atoms with Gasteiger partial charge in [0, 0.05) is 17.4 Å². The molecule has 2 N–H and O–H groups in total. The Balaban J connectivity index is 1.78. The molecule has 12 heteroatoms. The smallest absolute Gasteiger partial charge is 0.259 e. The summed E-state index contributed by atoms with van der Waals surface area (Å²) in [6, 6.07) is 9.32. The van der Waals surface area contributed by atoms with Crippen molar-refractivity contribution in [1.29, 1.82) is 0 Å². The van der Waals surface area contributed by atoms with Crippen molar-refractivity contribution in [1.82, 2.24) is 20.2 Å². The lowest BCUT2D eigenvalue weighted by molar-refractivity contribution is 0.102. The number of hydrogen-bond acceptors (Lipinski definition) is 7. The second-order valence-electron chi connectivity index (χ2n) is 6.21. The van der Waals surface area contributed by atoms with Crippen LogP contribution < -0.4 is 14.8 Å². The number of rotatable bonds is 8. The van der Waals surface area contributed by atoms with E-state index in [1.54, 1.807) is 37.3 Å². The SMILES string of the molecule is CCCS(=O)(=O)Nc1ccc(NC(=O)c2cc(Cl)c(-n3cnnn3)cc2OC)cc1. The van der Waals surface area contributed by atoms with Gasteiger partial charge in [-0.2, -0.15) is 4.68 Å². The van der Waals surface area contributed by atoms with Crippen molar-refractivity contribution in [3.05, 3.63) is 53.3 Å². The van der Waals surface area contributed by atoms with Crippen molar-refractivity contribution in [2.24, 2.45) is 0 Å². The fourth-order valence-electron chi connectivity index (χ4n) is 2.66. The number of tetrazole rings is 1. The fourth-order valence-corrected chi connectivity index (χ4v) is 4.04. The molecule has 1 aromatic heterocycles. The Morgan fingerprint density at radius 1 is 1.20 bits per heavy atom. The molecule has 0 saturated heterocycles. The molecule has 158 valence electrons. The van der Waals surface area contributed by atoms with Gasteiger partial charge in [0.25, 0.3) is 5.91 Å². The molecule has 0 bridgehead atoms. The highest BCUT2D eigenvalue weighted by Gasteiger charge is 2.18. The molecule has 0 spiro atoms. The summed E-state index contributed by atoms with van der Waals surface area (Å²) < 4.78 is 32.8. The number of halogens is 1. The van der Waals surface area contributed by atoms with E-state index >= 15 is 0 Å². The Hall–Kier alpha value is -3.18. The van der Waals surface area contributed by atoms with Gasteiger partial charge in [0.2, 0.25) is 10.0 Å². The van der Waals surface area contributed by atoms with E-state index in [0.717, 1.165) is 0 Å². The van der Waals surface area contributed by atoms with Crippen LogP contribution in [0.5, 0.6) is 5.75 Å². The number of carbonyl (C=O) groups is 1. The molecule has 10 nitrogen and oxygen atoms in total. The molecule has 3 aromatic rings. The highest BCUT2D eigenvalue weighted by molar-refractivity contribution is 7.92. The Bertz CT molecular complexity index is 1130. The van der Waals surface area contributed by atoms with Crippen LogP contribution in [0.1, 0.15) is 23.7 Å². The number of nitrogens with one attached hydrogen (secondary N) is 2. The molecule has 0 saturated carbocycles. The number of nitrogens with zero attached hydrogens (tertiary/aromatic N) is 4. The van der Waals surface area contributed by atoms with Crippen LogP contribution in [0.25, 0.3) is 5.69 Å². The molecule has 0 aliphatic heterocycles. The van der Waals surface area contributed by atoms with Crippen molar-refractivity contribution in [3.8, 4) is 11.4 Å². The Kier molecular flexibility index (Phi) is 6.53. The van der Waals surface area contributed by atoms with E-state index in [-0.39, 0.29) is 22.1 Å². The maximum atomic E-state index is 12.7. The first-order chi connectivity index (χ1) is 14.3. The minimum absolute atomic E-state index is 0.0344. The van der Waals surface area contributed by atoms with Gasteiger partial charge in [-0.25, -0.2) is 8.42 Å². The Morgan fingerprint density at radius 2 is 1.90 bits per heavy atom. The van der Waals surface area contributed by atoms with Crippen LogP contribution in [0.2, 0.25) is 5.02 Å². The molecule has 0 fully saturated rings. The molecule has 0 aliphatic rings. The lowest BCUT2D eigenvalue weighted by Crippen LogP contribution is -2.16. The van der Waals surface area contributed by atoms with Crippen LogP contribution in [-0.2, 0) is 10.0 Å². The van der Waals surface area contributed by atoms with Crippen LogP contribution in [0.3, 0.4) is 0 Å². The van der Waals surface area contributed by atoms with E-state index in [2.05, 4.69) is 25.6 Å². The summed E-state index contributed by atoms with van der Waals surface area (Å²) in [4.78, 5) is 12.7. The molecule has 30 heavy (non-hydrogen) atoms. The molecular weight excluding hydrogens is 432 g/mol. The minimum atomic E-state index is -3.38. The van der Waals surface area contributed by atoms with Gasteiger partial charge in [-0.1, -0.05) is 18.5 Å². The quantitative estimate of drug-likeness (QED) is 0.539. The predicted molar refractivity (Wildman–Crippen MR) is 113 cm³/mol. The average molecular weight is 451 g/mol. The first-order valence-corrected chi connectivity index (χ1v) is 10.9. The number of anilines is 2. The van der Waals surface area contributed by atoms with Crippen LogP contribution >= 0.6 is 11.6 Å². The van der Waals surface area contributed by atoms with Gasteiger partial charge in [-0.15, -0.1) is 5.10 Å². The van der Waals surface area contributed by atoms with Crippen LogP contribution in [0.4, 0.5) is 11.4 Å². The third-order valence-electron chi connectivity index (χ3n) is 4.00. The maximum absolute atomic E-state index is 12.7. The number of carbonyl (C=O) groups excluding carboxylic acids is 1. The molecule has 0 aliphatic carbocycles. The van der Waals surface area contributed by atoms with Gasteiger partial charge in [-0.3, -0.25) is 9.52 Å². The van der Waals surface area contributed by atoms with Crippen molar-refractivity contribution < 1.29 is 17.9 Å². The highest BCUT2D eigenvalue weighted by atomic mass is 35.5. The normalized spacial score (nSPS) is 11.2. The van der Waals surface area contributed by atoms with E-state index in [4.69, 9.17) is 16.3 Å². The summed E-state index contributed by atoms with van der Waals surface area (Å²) >= 11 is 6.29. The molecule has 1 heterocycles. The first-order valence-electron chi connectivity index (χ1n) is 8.85. The molecule has 0 unspecified atom stereocenters. The standard InChI is InChI=1S/C18H19ClN6O4S/c1-3-8-30(27,28)22-13-6-4-12(5-7-13)21-18(26)14-9-15(19)16(10-17(14)29-2)25-11-20-23-24-25/h4-7,9-11,22H,3,8H2,1-2H3,(H,21,26). The van der Waals surface area contributed by atoms with E-state index in [1.807, 2.05) is 0 Å². The molecule has 3 rings (SSSR count). The second kappa shape index (κ2) is 9.09. The zero-order valence-electron chi connectivity index (χ0n) is 16.2. The zero-order chi connectivity index (χ0) is 21.7. The summed E-state index contributed by atoms with van der Waals surface area (Å²) in [5.74, 6) is -0.130. The second-order valence-corrected chi connectivity index (χ2v) is 8.46. The van der Waals surface area contributed by atoms with Crippen LogP contribution in [0, 0.1) is 0 Å².